The van der Waals surface area contributed by atoms with Gasteiger partial charge in [-0.05, 0) is 17.7 Å². The molecular weight excluding hydrogens is 262 g/mol. The first-order valence-corrected chi connectivity index (χ1v) is 6.20. The van der Waals surface area contributed by atoms with Crippen LogP contribution < -0.4 is 10.2 Å². The molecule has 0 spiro atoms. The van der Waals surface area contributed by atoms with Crippen LogP contribution in [0.1, 0.15) is 22.0 Å². The Morgan fingerprint density at radius 1 is 1.50 bits per heavy atom. The molecule has 20 heavy (non-hydrogen) atoms. The monoisotopic (exact) mass is 277 g/mol. The molecule has 1 aliphatic rings. The molecule has 2 heterocycles. The van der Waals surface area contributed by atoms with E-state index in [9.17, 15) is 4.79 Å². The van der Waals surface area contributed by atoms with Crippen LogP contribution in [-0.2, 0) is 9.47 Å². The van der Waals surface area contributed by atoms with Crippen molar-refractivity contribution in [2.75, 3.05) is 27.6 Å². The third-order valence-corrected chi connectivity index (χ3v) is 3.32. The Hall–Kier alpha value is -2.12. The molecule has 1 atom stereocenters. The Morgan fingerprint density at radius 2 is 2.35 bits per heavy atom. The number of esters is 1. The van der Waals surface area contributed by atoms with Crippen molar-refractivity contribution in [3.8, 4) is 0 Å². The number of rotatable bonds is 3. The summed E-state index contributed by atoms with van der Waals surface area (Å²) < 4.78 is 10.1. The van der Waals surface area contributed by atoms with Gasteiger partial charge >= 0.3 is 5.97 Å². The van der Waals surface area contributed by atoms with Crippen LogP contribution in [0.3, 0.4) is 0 Å². The molecule has 7 heteroatoms. The van der Waals surface area contributed by atoms with Crippen molar-refractivity contribution in [1.29, 1.82) is 0 Å². The van der Waals surface area contributed by atoms with E-state index in [1.54, 1.807) is 12.3 Å². The van der Waals surface area contributed by atoms with Gasteiger partial charge in [-0.2, -0.15) is 0 Å². The molecule has 3 rings (SSSR count). The van der Waals surface area contributed by atoms with Gasteiger partial charge in [0.2, 0.25) is 0 Å². The molecule has 0 saturated carbocycles. The molecule has 7 nitrogen and oxygen atoms in total. The molecule has 1 saturated heterocycles. The lowest BCUT2D eigenvalue weighted by Gasteiger charge is -2.10. The Bertz CT molecular complexity index is 646. The van der Waals surface area contributed by atoms with E-state index in [0.717, 1.165) is 10.9 Å². The molecule has 1 aliphatic heterocycles. The fraction of sp³-hybridized carbons (Fsp3) is 0.385. The lowest BCUT2D eigenvalue weighted by Crippen LogP contribution is -2.15. The van der Waals surface area contributed by atoms with E-state index < -0.39 is 5.97 Å². The van der Waals surface area contributed by atoms with Crippen LogP contribution >= 0.6 is 0 Å². The average Bonchev–Trinajstić information content (AvgIpc) is 3.13. The summed E-state index contributed by atoms with van der Waals surface area (Å²) in [6.45, 7) is 1.08. The third-order valence-electron chi connectivity index (χ3n) is 3.32. The summed E-state index contributed by atoms with van der Waals surface area (Å²) >= 11 is 0. The first-order chi connectivity index (χ1) is 9.72. The molecular formula is C13H15N3O4. The second-order valence-electron chi connectivity index (χ2n) is 4.48. The SMILES string of the molecule is COC(=O)c1cc(C2COCN2)cc2cn(OC)nc12. The topological polar surface area (TPSA) is 74.6 Å². The summed E-state index contributed by atoms with van der Waals surface area (Å²) in [5.74, 6) is -0.419. The first-order valence-electron chi connectivity index (χ1n) is 6.20. The largest absolute Gasteiger partial charge is 0.465 e. The number of methoxy groups -OCH3 is 1. The number of hydrogen-bond acceptors (Lipinski definition) is 6. The number of nitrogens with zero attached hydrogens (tertiary/aromatic N) is 2. The second-order valence-corrected chi connectivity index (χ2v) is 4.48. The highest BCUT2D eigenvalue weighted by atomic mass is 16.7. The van der Waals surface area contributed by atoms with E-state index in [-0.39, 0.29) is 6.04 Å². The molecule has 106 valence electrons. The summed E-state index contributed by atoms with van der Waals surface area (Å²) in [6.07, 6.45) is 1.72. The highest BCUT2D eigenvalue weighted by Gasteiger charge is 2.22. The van der Waals surface area contributed by atoms with E-state index in [2.05, 4.69) is 10.4 Å². The van der Waals surface area contributed by atoms with Crippen LogP contribution in [0.25, 0.3) is 10.9 Å². The highest BCUT2D eigenvalue weighted by molar-refractivity contribution is 6.03. The van der Waals surface area contributed by atoms with Gasteiger partial charge in [0.15, 0.2) is 0 Å². The molecule has 0 amide bonds. The quantitative estimate of drug-likeness (QED) is 0.823. The molecule has 1 aromatic carbocycles. The van der Waals surface area contributed by atoms with Gasteiger partial charge in [0.1, 0.15) is 12.6 Å². The third kappa shape index (κ3) is 2.10. The normalized spacial score (nSPS) is 18.4. The number of aromatic nitrogens is 2. The van der Waals surface area contributed by atoms with Gasteiger partial charge in [0.25, 0.3) is 0 Å². The van der Waals surface area contributed by atoms with Gasteiger partial charge in [-0.15, -0.1) is 9.94 Å². The van der Waals surface area contributed by atoms with Crippen LogP contribution in [-0.4, -0.2) is 43.5 Å². The highest BCUT2D eigenvalue weighted by Crippen LogP contribution is 2.26. The van der Waals surface area contributed by atoms with E-state index in [1.165, 1.54) is 19.1 Å². The van der Waals surface area contributed by atoms with Crippen molar-refractivity contribution in [1.82, 2.24) is 15.3 Å². The Kier molecular flexibility index (Phi) is 3.29. The predicted octanol–water partition coefficient (Wildman–Crippen LogP) is 0.500. The van der Waals surface area contributed by atoms with Crippen LogP contribution in [0, 0.1) is 0 Å². The van der Waals surface area contributed by atoms with Gasteiger partial charge in [0.05, 0.1) is 38.2 Å². The summed E-state index contributed by atoms with van der Waals surface area (Å²) in [7, 11) is 2.86. The minimum absolute atomic E-state index is 0.0636. The van der Waals surface area contributed by atoms with Gasteiger partial charge in [0, 0.05) is 5.39 Å². The molecule has 2 aromatic rings. The van der Waals surface area contributed by atoms with Crippen molar-refractivity contribution in [2.45, 2.75) is 6.04 Å². The van der Waals surface area contributed by atoms with E-state index in [4.69, 9.17) is 14.3 Å². The van der Waals surface area contributed by atoms with Gasteiger partial charge in [-0.25, -0.2) is 4.79 Å². The first kappa shape index (κ1) is 12.9. The second kappa shape index (κ2) is 5.10. The predicted molar refractivity (Wildman–Crippen MR) is 70.3 cm³/mol. The number of benzene rings is 1. The molecule has 1 unspecified atom stereocenters. The lowest BCUT2D eigenvalue weighted by molar-refractivity contribution is 0.0602. The standard InChI is InChI=1S/C13H15N3O4/c1-18-13(17)10-4-8(11-6-20-7-14-11)3-9-5-16(19-2)15-12(9)10/h3-5,11,14H,6-7H2,1-2H3. The van der Waals surface area contributed by atoms with Crippen LogP contribution in [0.4, 0.5) is 0 Å². The van der Waals surface area contributed by atoms with Crippen LogP contribution in [0.5, 0.6) is 0 Å². The minimum Gasteiger partial charge on any atom is -0.465 e. The van der Waals surface area contributed by atoms with E-state index in [1.807, 2.05) is 6.07 Å². The van der Waals surface area contributed by atoms with Crippen molar-refractivity contribution < 1.29 is 19.1 Å². The smallest absolute Gasteiger partial charge is 0.340 e. The summed E-state index contributed by atoms with van der Waals surface area (Å²) in [5.41, 5.74) is 1.94. The number of fused-ring (bicyclic) bond motifs is 1. The summed E-state index contributed by atoms with van der Waals surface area (Å²) in [4.78, 5) is 18.3. The zero-order chi connectivity index (χ0) is 14.1. The molecule has 0 radical (unpaired) electrons. The molecule has 1 aromatic heterocycles. The zero-order valence-electron chi connectivity index (χ0n) is 11.3. The molecule has 1 fully saturated rings. The number of carbonyl (C=O) groups excluding carboxylic acids is 1. The molecule has 0 aliphatic carbocycles. The Labute approximate surface area is 115 Å². The summed E-state index contributed by atoms with van der Waals surface area (Å²) in [6, 6.07) is 3.82. The average molecular weight is 277 g/mol. The fourth-order valence-corrected chi connectivity index (χ4v) is 2.31. The zero-order valence-corrected chi connectivity index (χ0v) is 11.3. The number of nitrogens with one attached hydrogen (secondary N) is 1. The van der Waals surface area contributed by atoms with Gasteiger partial charge < -0.3 is 14.3 Å². The van der Waals surface area contributed by atoms with Crippen LogP contribution in [0.2, 0.25) is 0 Å². The maximum Gasteiger partial charge on any atom is 0.340 e. The van der Waals surface area contributed by atoms with Crippen molar-refractivity contribution in [3.05, 3.63) is 29.5 Å². The van der Waals surface area contributed by atoms with Crippen LogP contribution in [0.15, 0.2) is 18.3 Å². The van der Waals surface area contributed by atoms with Crippen molar-refractivity contribution in [3.63, 3.8) is 0 Å². The maximum absolute atomic E-state index is 11.9. The van der Waals surface area contributed by atoms with E-state index in [0.29, 0.717) is 24.4 Å². The Morgan fingerprint density at radius 3 is 3.00 bits per heavy atom. The molecule has 1 N–H and O–H groups in total. The minimum atomic E-state index is -0.419. The number of carbonyl (C=O) groups is 1. The number of hydrogen-bond donors (Lipinski definition) is 1. The fourth-order valence-electron chi connectivity index (χ4n) is 2.31. The Balaban J connectivity index is 2.15. The van der Waals surface area contributed by atoms with Crippen molar-refractivity contribution >= 4 is 16.9 Å². The van der Waals surface area contributed by atoms with E-state index >= 15 is 0 Å². The lowest BCUT2D eigenvalue weighted by atomic mass is 10.0. The number of ether oxygens (including phenoxy) is 2. The van der Waals surface area contributed by atoms with Crippen molar-refractivity contribution in [2.24, 2.45) is 0 Å². The molecule has 0 bridgehead atoms. The van der Waals surface area contributed by atoms with Gasteiger partial charge in [-0.1, -0.05) is 0 Å². The maximum atomic E-state index is 11.9. The summed E-state index contributed by atoms with van der Waals surface area (Å²) in [5, 5.41) is 8.24. The van der Waals surface area contributed by atoms with Gasteiger partial charge in [-0.3, -0.25) is 5.32 Å².